The van der Waals surface area contributed by atoms with Crippen LogP contribution in [0.4, 0.5) is 5.69 Å². The number of methoxy groups -OCH3 is 1. The third-order valence-electron chi connectivity index (χ3n) is 6.29. The number of halogens is 3. The van der Waals surface area contributed by atoms with E-state index < -0.39 is 0 Å². The van der Waals surface area contributed by atoms with Crippen LogP contribution in [0.25, 0.3) is 11.1 Å². The van der Waals surface area contributed by atoms with Crippen LogP contribution in [0.1, 0.15) is 0 Å². The zero-order valence-electron chi connectivity index (χ0n) is 18.1. The first-order chi connectivity index (χ1) is 15.8. The molecule has 2 heterocycles. The van der Waals surface area contributed by atoms with E-state index in [1.54, 1.807) is 25.3 Å². The SMILES string of the molecule is C=CC(=O)N1CC2CN(C(=O)CNc3cc(-c4cccc(Cl)c4Cl)c(Cl)cc3OC)CC2C1. The quantitative estimate of drug-likeness (QED) is 0.568. The predicted octanol–water partition coefficient (Wildman–Crippen LogP) is 4.84. The van der Waals surface area contributed by atoms with Gasteiger partial charge < -0.3 is 19.9 Å². The van der Waals surface area contributed by atoms with Crippen molar-refractivity contribution in [2.75, 3.05) is 45.2 Å². The first-order valence-electron chi connectivity index (χ1n) is 10.6. The number of likely N-dealkylation sites (tertiary alicyclic amines) is 2. The van der Waals surface area contributed by atoms with Gasteiger partial charge in [0.2, 0.25) is 11.8 Å². The summed E-state index contributed by atoms with van der Waals surface area (Å²) in [5, 5.41) is 4.48. The molecule has 2 unspecified atom stereocenters. The second kappa shape index (κ2) is 9.84. The van der Waals surface area contributed by atoms with E-state index in [1.807, 2.05) is 21.9 Å². The molecule has 0 saturated carbocycles. The average Bonchev–Trinajstić information content (AvgIpc) is 3.39. The maximum absolute atomic E-state index is 12.9. The number of nitrogens with zero attached hydrogens (tertiary/aromatic N) is 2. The number of benzene rings is 2. The molecule has 9 heteroatoms. The molecule has 6 nitrogen and oxygen atoms in total. The molecule has 0 radical (unpaired) electrons. The van der Waals surface area contributed by atoms with Gasteiger partial charge in [-0.15, -0.1) is 0 Å². The number of carbonyl (C=O) groups is 2. The van der Waals surface area contributed by atoms with Crippen LogP contribution >= 0.6 is 34.8 Å². The highest BCUT2D eigenvalue weighted by Crippen LogP contribution is 2.41. The topological polar surface area (TPSA) is 61.9 Å². The van der Waals surface area contributed by atoms with Gasteiger partial charge in [-0.2, -0.15) is 0 Å². The normalized spacial score (nSPS) is 19.4. The first-order valence-corrected chi connectivity index (χ1v) is 11.7. The van der Waals surface area contributed by atoms with Gasteiger partial charge in [0.25, 0.3) is 0 Å². The zero-order chi connectivity index (χ0) is 23.7. The van der Waals surface area contributed by atoms with Crippen molar-refractivity contribution in [1.82, 2.24) is 9.80 Å². The number of rotatable bonds is 6. The maximum atomic E-state index is 12.9. The van der Waals surface area contributed by atoms with Crippen LogP contribution < -0.4 is 10.1 Å². The van der Waals surface area contributed by atoms with E-state index >= 15 is 0 Å². The highest BCUT2D eigenvalue weighted by molar-refractivity contribution is 6.44. The van der Waals surface area contributed by atoms with Crippen LogP contribution in [0.3, 0.4) is 0 Å². The van der Waals surface area contributed by atoms with Gasteiger partial charge in [0.05, 0.1) is 34.4 Å². The van der Waals surface area contributed by atoms with Gasteiger partial charge in [-0.05, 0) is 18.2 Å². The van der Waals surface area contributed by atoms with E-state index in [-0.39, 0.29) is 18.4 Å². The summed E-state index contributed by atoms with van der Waals surface area (Å²) >= 11 is 19.1. The summed E-state index contributed by atoms with van der Waals surface area (Å²) in [7, 11) is 1.54. The molecular weight excluding hydrogens is 485 g/mol. The fourth-order valence-electron chi connectivity index (χ4n) is 4.57. The van der Waals surface area contributed by atoms with Gasteiger partial charge in [0, 0.05) is 55.2 Å². The molecule has 2 amide bonds. The number of anilines is 1. The van der Waals surface area contributed by atoms with E-state index in [2.05, 4.69) is 11.9 Å². The lowest BCUT2D eigenvalue weighted by molar-refractivity contribution is -0.128. The van der Waals surface area contributed by atoms with Crippen LogP contribution in [0.5, 0.6) is 5.75 Å². The van der Waals surface area contributed by atoms with Crippen molar-refractivity contribution in [1.29, 1.82) is 0 Å². The summed E-state index contributed by atoms with van der Waals surface area (Å²) < 4.78 is 5.46. The predicted molar refractivity (Wildman–Crippen MR) is 132 cm³/mol. The highest BCUT2D eigenvalue weighted by atomic mass is 35.5. The zero-order valence-corrected chi connectivity index (χ0v) is 20.4. The minimum atomic E-state index is -0.0469. The molecule has 2 aliphatic heterocycles. The van der Waals surface area contributed by atoms with Crippen molar-refractivity contribution in [3.05, 3.63) is 58.1 Å². The van der Waals surface area contributed by atoms with Gasteiger partial charge in [-0.3, -0.25) is 9.59 Å². The van der Waals surface area contributed by atoms with Gasteiger partial charge >= 0.3 is 0 Å². The molecule has 174 valence electrons. The number of nitrogens with one attached hydrogen (secondary N) is 1. The Morgan fingerprint density at radius 3 is 2.36 bits per heavy atom. The molecule has 0 aliphatic carbocycles. The Kier molecular flexibility index (Phi) is 7.07. The highest BCUT2D eigenvalue weighted by Gasteiger charge is 2.42. The van der Waals surface area contributed by atoms with E-state index in [0.29, 0.717) is 75.6 Å². The molecule has 0 aromatic heterocycles. The van der Waals surface area contributed by atoms with Gasteiger partial charge in [-0.25, -0.2) is 0 Å². The van der Waals surface area contributed by atoms with Crippen LogP contribution in [0, 0.1) is 11.8 Å². The lowest BCUT2D eigenvalue weighted by atomic mass is 10.0. The fourth-order valence-corrected chi connectivity index (χ4v) is 5.23. The Morgan fingerprint density at radius 1 is 1.06 bits per heavy atom. The monoisotopic (exact) mass is 507 g/mol. The van der Waals surface area contributed by atoms with Crippen LogP contribution in [-0.2, 0) is 9.59 Å². The fraction of sp³-hybridized carbons (Fsp3) is 0.333. The molecule has 1 N–H and O–H groups in total. The number of hydrogen-bond donors (Lipinski definition) is 1. The Bertz CT molecular complexity index is 1090. The molecule has 2 aliphatic rings. The van der Waals surface area contributed by atoms with Crippen molar-refractivity contribution in [2.45, 2.75) is 0 Å². The number of amides is 2. The van der Waals surface area contributed by atoms with E-state index in [4.69, 9.17) is 39.5 Å². The smallest absolute Gasteiger partial charge is 0.245 e. The number of ether oxygens (including phenoxy) is 1. The van der Waals surface area contributed by atoms with E-state index in [1.165, 1.54) is 6.08 Å². The van der Waals surface area contributed by atoms with E-state index in [9.17, 15) is 9.59 Å². The Hall–Kier alpha value is -2.41. The summed E-state index contributed by atoms with van der Waals surface area (Å²) in [4.78, 5) is 28.4. The minimum Gasteiger partial charge on any atom is -0.495 e. The second-order valence-corrected chi connectivity index (χ2v) is 9.45. The Morgan fingerprint density at radius 2 is 1.73 bits per heavy atom. The van der Waals surface area contributed by atoms with Crippen molar-refractivity contribution in [3.63, 3.8) is 0 Å². The molecule has 4 rings (SSSR count). The largest absolute Gasteiger partial charge is 0.495 e. The second-order valence-electron chi connectivity index (χ2n) is 8.25. The number of carbonyl (C=O) groups excluding carboxylic acids is 2. The van der Waals surface area contributed by atoms with Crippen molar-refractivity contribution < 1.29 is 14.3 Å². The van der Waals surface area contributed by atoms with E-state index in [0.717, 1.165) is 0 Å². The molecule has 0 bridgehead atoms. The van der Waals surface area contributed by atoms with Crippen LogP contribution in [0.15, 0.2) is 43.0 Å². The number of fused-ring (bicyclic) bond motifs is 1. The van der Waals surface area contributed by atoms with Gasteiger partial charge in [0.15, 0.2) is 0 Å². The molecule has 0 spiro atoms. The summed E-state index contributed by atoms with van der Waals surface area (Å²) in [5.41, 5.74) is 2.00. The standard InChI is InChI=1S/C24H24Cl3N3O3/c1-3-22(31)29-10-14-12-30(13-15(14)11-29)23(32)9-28-20-7-17(19(26)8-21(20)33-2)16-5-4-6-18(25)24(16)27/h3-8,14-15,28H,1,9-13H2,2H3. The molecule has 33 heavy (non-hydrogen) atoms. The number of hydrogen-bond acceptors (Lipinski definition) is 4. The van der Waals surface area contributed by atoms with Gasteiger partial charge in [-0.1, -0.05) is 53.5 Å². The molecule has 2 fully saturated rings. The van der Waals surface area contributed by atoms with Crippen molar-refractivity contribution in [2.24, 2.45) is 11.8 Å². The van der Waals surface area contributed by atoms with Crippen LogP contribution in [0.2, 0.25) is 15.1 Å². The summed E-state index contributed by atoms with van der Waals surface area (Å²) in [5.74, 6) is 1.07. The Labute approximate surface area is 208 Å². The molecule has 2 saturated heterocycles. The minimum absolute atomic E-state index is 0.00895. The summed E-state index contributed by atoms with van der Waals surface area (Å²) in [6, 6.07) is 8.84. The lowest BCUT2D eigenvalue weighted by Crippen LogP contribution is -2.37. The molecule has 2 aromatic rings. The summed E-state index contributed by atoms with van der Waals surface area (Å²) in [6.07, 6.45) is 1.35. The van der Waals surface area contributed by atoms with Crippen LogP contribution in [-0.4, -0.2) is 61.4 Å². The maximum Gasteiger partial charge on any atom is 0.245 e. The van der Waals surface area contributed by atoms with Crippen molar-refractivity contribution in [3.8, 4) is 16.9 Å². The third kappa shape index (κ3) is 4.79. The molecule has 2 aromatic carbocycles. The first kappa shape index (κ1) is 23.7. The molecule has 2 atom stereocenters. The summed E-state index contributed by atoms with van der Waals surface area (Å²) in [6.45, 7) is 6.29. The lowest BCUT2D eigenvalue weighted by Gasteiger charge is -2.22. The van der Waals surface area contributed by atoms with Gasteiger partial charge in [0.1, 0.15) is 5.75 Å². The van der Waals surface area contributed by atoms with Crippen molar-refractivity contribution >= 4 is 52.3 Å². The molecular formula is C24H24Cl3N3O3. The average molecular weight is 509 g/mol. The Balaban J connectivity index is 1.45. The third-order valence-corrected chi connectivity index (χ3v) is 7.42.